The summed E-state index contributed by atoms with van der Waals surface area (Å²) in [6.45, 7) is 7.27. The van der Waals surface area contributed by atoms with Gasteiger partial charge in [-0.1, -0.05) is 336 Å². The van der Waals surface area contributed by atoms with Crippen LogP contribution in [0.4, 0.5) is 0 Å². The molecule has 0 radical (unpaired) electrons. The van der Waals surface area contributed by atoms with Crippen molar-refractivity contribution in [3.8, 4) is 0 Å². The molecule has 0 heterocycles. The van der Waals surface area contributed by atoms with Crippen LogP contribution in [0.2, 0.25) is 0 Å². The Kier molecular flexibility index (Phi) is 65.9. The molecule has 0 spiro atoms. The summed E-state index contributed by atoms with van der Waals surface area (Å²) in [4.78, 5) is 72.6. The van der Waals surface area contributed by atoms with Crippen LogP contribution in [0.25, 0.3) is 0 Å². The molecule has 0 saturated heterocycles. The Labute approximate surface area is 568 Å². The van der Waals surface area contributed by atoms with Gasteiger partial charge >= 0.3 is 39.5 Å². The molecule has 0 saturated carbocycles. The summed E-state index contributed by atoms with van der Waals surface area (Å²) in [5, 5.41) is 10.6. The molecule has 552 valence electrons. The summed E-state index contributed by atoms with van der Waals surface area (Å²) in [6.07, 6.45) is 55.5. The third-order valence-corrected chi connectivity index (χ3v) is 19.2. The molecule has 93 heavy (non-hydrogen) atoms. The summed E-state index contributed by atoms with van der Waals surface area (Å²) in [5.74, 6) is -1.33. The molecule has 0 aromatic carbocycles. The Morgan fingerprint density at radius 1 is 0.290 bits per heavy atom. The number of rotatable bonds is 74. The lowest BCUT2D eigenvalue weighted by molar-refractivity contribution is -0.161. The summed E-state index contributed by atoms with van der Waals surface area (Å²) >= 11 is 0. The van der Waals surface area contributed by atoms with Crippen LogP contribution in [0.1, 0.15) is 388 Å². The lowest BCUT2D eigenvalue weighted by Gasteiger charge is -2.21. The molecule has 0 aliphatic carbocycles. The highest BCUT2D eigenvalue weighted by Gasteiger charge is 2.30. The van der Waals surface area contributed by atoms with Gasteiger partial charge in [0.1, 0.15) is 19.3 Å². The van der Waals surface area contributed by atoms with Crippen LogP contribution in [0.5, 0.6) is 0 Å². The summed E-state index contributed by atoms with van der Waals surface area (Å²) in [7, 11) is -9.90. The molecule has 2 unspecified atom stereocenters. The number of hydrogen-bond acceptors (Lipinski definition) is 15. The maximum atomic E-state index is 13.1. The second kappa shape index (κ2) is 67.3. The van der Waals surface area contributed by atoms with Crippen molar-refractivity contribution in [3.05, 3.63) is 0 Å². The van der Waals surface area contributed by atoms with E-state index < -0.39 is 97.5 Å². The maximum Gasteiger partial charge on any atom is 0.472 e. The number of ether oxygens (including phenoxy) is 4. The van der Waals surface area contributed by atoms with E-state index in [9.17, 15) is 43.2 Å². The largest absolute Gasteiger partial charge is 0.472 e. The van der Waals surface area contributed by atoms with Crippen molar-refractivity contribution in [2.45, 2.75) is 406 Å². The molecule has 0 aliphatic heterocycles. The molecule has 19 heteroatoms. The zero-order chi connectivity index (χ0) is 68.4. The van der Waals surface area contributed by atoms with Crippen LogP contribution >= 0.6 is 15.6 Å². The van der Waals surface area contributed by atoms with E-state index in [-0.39, 0.29) is 25.7 Å². The van der Waals surface area contributed by atoms with E-state index >= 15 is 0 Å². The van der Waals surface area contributed by atoms with Crippen molar-refractivity contribution in [2.24, 2.45) is 5.92 Å². The van der Waals surface area contributed by atoms with Gasteiger partial charge in [0, 0.05) is 25.7 Å². The van der Waals surface area contributed by atoms with Crippen molar-refractivity contribution in [2.75, 3.05) is 39.6 Å². The molecule has 0 amide bonds. The lowest BCUT2D eigenvalue weighted by atomic mass is 10.0. The number of phosphoric ester groups is 2. The minimum atomic E-state index is -4.95. The van der Waals surface area contributed by atoms with Crippen LogP contribution in [-0.4, -0.2) is 96.7 Å². The normalized spacial score (nSPS) is 14.0. The molecule has 0 bridgehead atoms. The van der Waals surface area contributed by atoms with Gasteiger partial charge in [-0.05, 0) is 31.6 Å². The molecule has 0 aliphatic rings. The number of carbonyl (C=O) groups excluding carboxylic acids is 4. The Bertz CT molecular complexity index is 1790. The third-order valence-electron chi connectivity index (χ3n) is 17.3. The number of hydrogen-bond donors (Lipinski definition) is 3. The van der Waals surface area contributed by atoms with Gasteiger partial charge in [-0.2, -0.15) is 0 Å². The zero-order valence-corrected chi connectivity index (χ0v) is 62.2. The van der Waals surface area contributed by atoms with Crippen LogP contribution < -0.4 is 0 Å². The van der Waals surface area contributed by atoms with E-state index in [4.69, 9.17) is 37.0 Å². The topological polar surface area (TPSA) is 237 Å². The van der Waals surface area contributed by atoms with Crippen LogP contribution in [0.15, 0.2) is 0 Å². The maximum absolute atomic E-state index is 13.1. The molecule has 5 atom stereocenters. The Morgan fingerprint density at radius 3 is 0.731 bits per heavy atom. The summed E-state index contributed by atoms with van der Waals surface area (Å²) < 4.78 is 68.4. The fraction of sp³-hybridized carbons (Fsp3) is 0.946. The van der Waals surface area contributed by atoms with Crippen LogP contribution in [0, 0.1) is 5.92 Å². The van der Waals surface area contributed by atoms with Gasteiger partial charge in [0.15, 0.2) is 12.2 Å². The molecule has 0 rings (SSSR count). The standard InChI is InChI=1S/C74H144O17P2/c1-6-9-12-15-18-21-23-24-25-26-27-28-31-35-40-45-50-55-60-74(79)91-70(64-85-72(77)58-53-48-43-39-34-32-29-30-33-37-41-46-51-56-67(4)5)66-89-93(82,83)87-62-68(75)61-86-92(80,81)88-65-69(63-84-71(76)57-52-47-42-36-20-17-14-11-8-3)90-73(78)59-54-49-44-38-22-19-16-13-10-7-2/h67-70,75H,6-66H2,1-5H3,(H,80,81)(H,82,83)/t68-,69+,70+/m0/s1. The van der Waals surface area contributed by atoms with Crippen molar-refractivity contribution in [1.29, 1.82) is 0 Å². The highest BCUT2D eigenvalue weighted by atomic mass is 31.2. The second-order valence-electron chi connectivity index (χ2n) is 27.2. The van der Waals surface area contributed by atoms with Gasteiger partial charge in [-0.15, -0.1) is 0 Å². The predicted molar refractivity (Wildman–Crippen MR) is 377 cm³/mol. The average Bonchev–Trinajstić information content (AvgIpc) is 3.75. The first kappa shape index (κ1) is 91.1. The Morgan fingerprint density at radius 2 is 0.495 bits per heavy atom. The highest BCUT2D eigenvalue weighted by molar-refractivity contribution is 7.47. The van der Waals surface area contributed by atoms with Gasteiger partial charge in [0.05, 0.1) is 26.4 Å². The predicted octanol–water partition coefficient (Wildman–Crippen LogP) is 21.7. The van der Waals surface area contributed by atoms with E-state index in [1.807, 2.05) is 0 Å². The molecule has 0 aromatic heterocycles. The minimum Gasteiger partial charge on any atom is -0.462 e. The van der Waals surface area contributed by atoms with E-state index in [0.29, 0.717) is 25.7 Å². The molecule has 0 fully saturated rings. The van der Waals surface area contributed by atoms with Gasteiger partial charge in [-0.25, -0.2) is 9.13 Å². The first-order chi connectivity index (χ1) is 45.0. The number of phosphoric acid groups is 2. The summed E-state index contributed by atoms with van der Waals surface area (Å²) in [5.41, 5.74) is 0. The van der Waals surface area contributed by atoms with Gasteiger partial charge in [0.25, 0.3) is 0 Å². The van der Waals surface area contributed by atoms with Crippen LogP contribution in [0.3, 0.4) is 0 Å². The quantitative estimate of drug-likeness (QED) is 0.0222. The number of esters is 4. The fourth-order valence-electron chi connectivity index (χ4n) is 11.4. The molecule has 17 nitrogen and oxygen atoms in total. The van der Waals surface area contributed by atoms with Crippen molar-refractivity contribution in [3.63, 3.8) is 0 Å². The number of unbranched alkanes of at least 4 members (excludes halogenated alkanes) is 46. The number of aliphatic hydroxyl groups is 1. The monoisotopic (exact) mass is 1370 g/mol. The van der Waals surface area contributed by atoms with Crippen molar-refractivity contribution >= 4 is 39.5 Å². The second-order valence-corrected chi connectivity index (χ2v) is 30.1. The first-order valence-corrected chi connectivity index (χ1v) is 41.6. The Balaban J connectivity index is 5.21. The van der Waals surface area contributed by atoms with Crippen molar-refractivity contribution < 1.29 is 80.2 Å². The van der Waals surface area contributed by atoms with Crippen LogP contribution in [-0.2, 0) is 65.4 Å². The highest BCUT2D eigenvalue weighted by Crippen LogP contribution is 2.45. The van der Waals surface area contributed by atoms with E-state index in [0.717, 1.165) is 95.8 Å². The van der Waals surface area contributed by atoms with E-state index in [1.165, 1.54) is 212 Å². The van der Waals surface area contributed by atoms with Gasteiger partial charge in [-0.3, -0.25) is 37.3 Å². The number of aliphatic hydroxyl groups excluding tert-OH is 1. The fourth-order valence-corrected chi connectivity index (χ4v) is 12.9. The number of carbonyl (C=O) groups is 4. The van der Waals surface area contributed by atoms with Crippen molar-refractivity contribution in [1.82, 2.24) is 0 Å². The molecular formula is C74H144O17P2. The zero-order valence-electron chi connectivity index (χ0n) is 60.4. The smallest absolute Gasteiger partial charge is 0.462 e. The molecule has 3 N–H and O–H groups in total. The lowest BCUT2D eigenvalue weighted by Crippen LogP contribution is -2.30. The SMILES string of the molecule is CCCCCCCCCCCCCCCCCCCCC(=O)O[C@H](COC(=O)CCCCCCCCCCCCCCCC(C)C)COP(=O)(O)OC[C@@H](O)COP(=O)(O)OC[C@@H](COC(=O)CCCCCCCCCCC)OC(=O)CCCCCCCCCCCC. The third kappa shape index (κ3) is 68.4. The summed E-state index contributed by atoms with van der Waals surface area (Å²) in [6, 6.07) is 0. The first-order valence-electron chi connectivity index (χ1n) is 38.6. The molecule has 0 aromatic rings. The van der Waals surface area contributed by atoms with E-state index in [1.54, 1.807) is 0 Å². The Hall–Kier alpha value is -1.94. The minimum absolute atomic E-state index is 0.107. The van der Waals surface area contributed by atoms with E-state index in [2.05, 4.69) is 34.6 Å². The van der Waals surface area contributed by atoms with Gasteiger partial charge < -0.3 is 33.8 Å². The van der Waals surface area contributed by atoms with Gasteiger partial charge in [0.2, 0.25) is 0 Å². The molecular weight excluding hydrogens is 1220 g/mol. The average molecular weight is 1370 g/mol.